The number of nitrogens with one attached hydrogen (secondary N) is 1. The van der Waals surface area contributed by atoms with Gasteiger partial charge in [-0.15, -0.1) is 0 Å². The van der Waals surface area contributed by atoms with Crippen LogP contribution in [-0.4, -0.2) is 10.7 Å². The van der Waals surface area contributed by atoms with Crippen molar-refractivity contribution in [3.63, 3.8) is 0 Å². The lowest BCUT2D eigenvalue weighted by atomic mass is 9.79. The van der Waals surface area contributed by atoms with Gasteiger partial charge in [-0.2, -0.15) is 0 Å². The van der Waals surface area contributed by atoms with Gasteiger partial charge in [0.25, 0.3) is 5.17 Å². The van der Waals surface area contributed by atoms with E-state index >= 15 is 0 Å². The first kappa shape index (κ1) is 10.4. The second-order valence-corrected chi connectivity index (χ2v) is 4.91. The minimum Gasteiger partial charge on any atom is -0.457 e. The Balaban J connectivity index is 2.47. The Morgan fingerprint density at radius 2 is 1.73 bits per heavy atom. The van der Waals surface area contributed by atoms with Crippen molar-refractivity contribution < 1.29 is 4.74 Å². The van der Waals surface area contributed by atoms with Crippen LogP contribution in [0.1, 0.15) is 26.3 Å². The fraction of sp³-hybridized carbons (Fsp3) is 0.417. The minimum atomic E-state index is -0.397. The van der Waals surface area contributed by atoms with Gasteiger partial charge >= 0.3 is 0 Å². The molecule has 1 aromatic carbocycles. The molecule has 2 rings (SSSR count). The number of ether oxygens (including phenoxy) is 1. The molecule has 3 heteroatoms. The lowest BCUT2D eigenvalue weighted by Gasteiger charge is -2.35. The van der Waals surface area contributed by atoms with Crippen LogP contribution in [0.4, 0.5) is 0 Å². The van der Waals surface area contributed by atoms with Gasteiger partial charge in [-0.25, -0.2) is 0 Å². The van der Waals surface area contributed by atoms with Crippen molar-refractivity contribution in [2.45, 2.75) is 31.9 Å². The van der Waals surface area contributed by atoms with Crippen molar-refractivity contribution in [1.82, 2.24) is 5.32 Å². The van der Waals surface area contributed by atoms with Gasteiger partial charge in [0.2, 0.25) is 0 Å². The highest BCUT2D eigenvalue weighted by Crippen LogP contribution is 2.40. The second-order valence-electron chi connectivity index (χ2n) is 4.54. The molecule has 1 unspecified atom stereocenters. The van der Waals surface area contributed by atoms with E-state index in [1.165, 1.54) is 0 Å². The summed E-state index contributed by atoms with van der Waals surface area (Å²) in [5.41, 5.74) is 0.555. The fourth-order valence-corrected chi connectivity index (χ4v) is 2.31. The standard InChI is InChI=1S/C12H15NOS/c1-11(2)12(3,14-10(15)13-11)9-7-5-4-6-8-9/h4-8H,1-3H3,(H,13,15). The predicted octanol–water partition coefficient (Wildman–Crippen LogP) is 2.59. The van der Waals surface area contributed by atoms with Crippen molar-refractivity contribution in [3.8, 4) is 0 Å². The highest BCUT2D eigenvalue weighted by Gasteiger charge is 2.51. The number of benzene rings is 1. The summed E-state index contributed by atoms with van der Waals surface area (Å²) in [7, 11) is 0. The van der Waals surface area contributed by atoms with E-state index in [2.05, 4.69) is 38.2 Å². The molecule has 15 heavy (non-hydrogen) atoms. The van der Waals surface area contributed by atoms with Gasteiger partial charge in [-0.3, -0.25) is 0 Å². The van der Waals surface area contributed by atoms with E-state index in [9.17, 15) is 0 Å². The molecule has 1 heterocycles. The molecule has 1 atom stereocenters. The first-order chi connectivity index (χ1) is 6.96. The summed E-state index contributed by atoms with van der Waals surface area (Å²) in [5, 5.41) is 3.67. The van der Waals surface area contributed by atoms with Gasteiger partial charge in [0.1, 0.15) is 0 Å². The summed E-state index contributed by atoms with van der Waals surface area (Å²) in [5.74, 6) is 0. The maximum atomic E-state index is 5.77. The van der Waals surface area contributed by atoms with Crippen molar-refractivity contribution >= 4 is 17.4 Å². The fourth-order valence-electron chi connectivity index (χ4n) is 1.89. The summed E-state index contributed by atoms with van der Waals surface area (Å²) >= 11 is 5.08. The highest BCUT2D eigenvalue weighted by molar-refractivity contribution is 7.80. The van der Waals surface area contributed by atoms with Crippen molar-refractivity contribution in [2.75, 3.05) is 0 Å². The first-order valence-electron chi connectivity index (χ1n) is 5.02. The van der Waals surface area contributed by atoms with E-state index in [0.29, 0.717) is 5.17 Å². The minimum absolute atomic E-state index is 0.189. The molecular weight excluding hydrogens is 206 g/mol. The van der Waals surface area contributed by atoms with Crippen molar-refractivity contribution in [3.05, 3.63) is 35.9 Å². The maximum absolute atomic E-state index is 5.77. The molecule has 1 aliphatic heterocycles. The summed E-state index contributed by atoms with van der Waals surface area (Å²) in [4.78, 5) is 0. The summed E-state index contributed by atoms with van der Waals surface area (Å²) in [6.07, 6.45) is 0. The van der Waals surface area contributed by atoms with E-state index < -0.39 is 5.60 Å². The quantitative estimate of drug-likeness (QED) is 0.736. The molecule has 0 spiro atoms. The molecule has 0 saturated carbocycles. The first-order valence-corrected chi connectivity index (χ1v) is 5.43. The third kappa shape index (κ3) is 1.51. The van der Waals surface area contributed by atoms with Crippen LogP contribution in [-0.2, 0) is 10.3 Å². The van der Waals surface area contributed by atoms with Crippen LogP contribution >= 0.6 is 12.2 Å². The van der Waals surface area contributed by atoms with Crippen LogP contribution in [0.25, 0.3) is 0 Å². The molecule has 80 valence electrons. The van der Waals surface area contributed by atoms with Gasteiger partial charge in [0.15, 0.2) is 5.60 Å². The molecule has 0 radical (unpaired) electrons. The van der Waals surface area contributed by atoms with Gasteiger partial charge in [-0.05, 0) is 38.6 Å². The topological polar surface area (TPSA) is 21.3 Å². The third-order valence-corrected chi connectivity index (χ3v) is 3.41. The van der Waals surface area contributed by atoms with Gasteiger partial charge in [-0.1, -0.05) is 30.3 Å². The van der Waals surface area contributed by atoms with Crippen molar-refractivity contribution in [1.29, 1.82) is 0 Å². The summed E-state index contributed by atoms with van der Waals surface area (Å²) < 4.78 is 5.77. The van der Waals surface area contributed by atoms with E-state index in [4.69, 9.17) is 17.0 Å². The average molecular weight is 221 g/mol. The van der Waals surface area contributed by atoms with Crippen LogP contribution < -0.4 is 5.32 Å². The zero-order valence-electron chi connectivity index (χ0n) is 9.20. The molecule has 2 nitrogen and oxygen atoms in total. The van der Waals surface area contributed by atoms with E-state index in [1.807, 2.05) is 18.2 Å². The van der Waals surface area contributed by atoms with Crippen LogP contribution in [0.2, 0.25) is 0 Å². The maximum Gasteiger partial charge on any atom is 0.258 e. The Kier molecular flexibility index (Phi) is 2.23. The number of hydrogen-bond acceptors (Lipinski definition) is 2. The number of hydrogen-bond donors (Lipinski definition) is 1. The summed E-state index contributed by atoms with van der Waals surface area (Å²) in [6, 6.07) is 10.2. The Morgan fingerprint density at radius 1 is 1.13 bits per heavy atom. The third-order valence-electron chi connectivity index (χ3n) is 3.23. The Bertz CT molecular complexity index is 388. The molecule has 1 fully saturated rings. The lowest BCUT2D eigenvalue weighted by Crippen LogP contribution is -2.48. The SMILES string of the molecule is CC1(C)NC(=S)OC1(C)c1ccccc1. The molecule has 1 aliphatic rings. The lowest BCUT2D eigenvalue weighted by molar-refractivity contribution is 0.0464. The molecule has 1 aromatic rings. The molecule has 0 aromatic heterocycles. The Hall–Kier alpha value is -1.09. The zero-order valence-corrected chi connectivity index (χ0v) is 10.0. The smallest absolute Gasteiger partial charge is 0.258 e. The molecule has 0 amide bonds. The molecule has 1 N–H and O–H groups in total. The zero-order chi connectivity index (χ0) is 11.1. The van der Waals surface area contributed by atoms with Crippen LogP contribution in [0.3, 0.4) is 0 Å². The molecular formula is C12H15NOS. The van der Waals surface area contributed by atoms with Crippen LogP contribution in [0.5, 0.6) is 0 Å². The normalized spacial score (nSPS) is 28.3. The monoisotopic (exact) mass is 221 g/mol. The predicted molar refractivity (Wildman–Crippen MR) is 64.7 cm³/mol. The van der Waals surface area contributed by atoms with Gasteiger partial charge in [0.05, 0.1) is 5.54 Å². The highest BCUT2D eigenvalue weighted by atomic mass is 32.1. The number of thiocarbonyl (C=S) groups is 1. The van der Waals surface area contributed by atoms with Crippen LogP contribution in [0.15, 0.2) is 30.3 Å². The summed E-state index contributed by atoms with van der Waals surface area (Å²) in [6.45, 7) is 6.26. The average Bonchev–Trinajstić information content (AvgIpc) is 2.38. The Morgan fingerprint density at radius 3 is 2.20 bits per heavy atom. The van der Waals surface area contributed by atoms with Crippen molar-refractivity contribution in [2.24, 2.45) is 0 Å². The van der Waals surface area contributed by atoms with E-state index in [0.717, 1.165) is 5.56 Å². The molecule has 1 saturated heterocycles. The van der Waals surface area contributed by atoms with E-state index in [1.54, 1.807) is 0 Å². The van der Waals surface area contributed by atoms with E-state index in [-0.39, 0.29) is 5.54 Å². The van der Waals surface area contributed by atoms with Gasteiger partial charge < -0.3 is 10.1 Å². The largest absolute Gasteiger partial charge is 0.457 e. The Labute approximate surface area is 95.6 Å². The number of rotatable bonds is 1. The second kappa shape index (κ2) is 3.20. The van der Waals surface area contributed by atoms with Gasteiger partial charge in [0, 0.05) is 0 Å². The van der Waals surface area contributed by atoms with Crippen LogP contribution in [0, 0.1) is 0 Å². The molecule has 0 aliphatic carbocycles. The molecule has 0 bridgehead atoms.